The fourth-order valence-corrected chi connectivity index (χ4v) is 1.99. The zero-order valence-corrected chi connectivity index (χ0v) is 11.9. The van der Waals surface area contributed by atoms with Gasteiger partial charge in [-0.1, -0.05) is 36.4 Å². The number of ether oxygens (including phenoxy) is 1. The summed E-state index contributed by atoms with van der Waals surface area (Å²) in [5.41, 5.74) is 1.18. The van der Waals surface area contributed by atoms with E-state index in [1.165, 1.54) is 6.20 Å². The van der Waals surface area contributed by atoms with Crippen molar-refractivity contribution in [1.82, 2.24) is 4.98 Å². The van der Waals surface area contributed by atoms with Gasteiger partial charge in [-0.25, -0.2) is 9.78 Å². The standard InChI is InChI=1S/C16H18N2O3/c1-11(2)10-21-8-7-17-15-13-6-4-3-5-12(13)14(9-18-15)16(19)20/h3-6,9H,1,7-8,10H2,2H3,(H,17,18)(H,19,20). The maximum Gasteiger partial charge on any atom is 0.337 e. The Morgan fingerprint density at radius 2 is 2.10 bits per heavy atom. The van der Waals surface area contributed by atoms with Gasteiger partial charge in [0.2, 0.25) is 0 Å². The van der Waals surface area contributed by atoms with Crippen LogP contribution in [0.4, 0.5) is 5.82 Å². The quantitative estimate of drug-likeness (QED) is 0.605. The molecule has 0 aliphatic rings. The summed E-state index contributed by atoms with van der Waals surface area (Å²) in [5.74, 6) is -0.315. The fourth-order valence-electron chi connectivity index (χ4n) is 1.99. The number of carboxylic acid groups (broad SMARTS) is 1. The molecule has 0 aliphatic carbocycles. The lowest BCUT2D eigenvalue weighted by Crippen LogP contribution is -2.12. The van der Waals surface area contributed by atoms with Crippen LogP contribution in [0.2, 0.25) is 0 Å². The van der Waals surface area contributed by atoms with Crippen LogP contribution in [-0.4, -0.2) is 35.8 Å². The van der Waals surface area contributed by atoms with E-state index in [2.05, 4.69) is 16.9 Å². The number of hydrogen-bond acceptors (Lipinski definition) is 4. The summed E-state index contributed by atoms with van der Waals surface area (Å²) in [5, 5.41) is 13.8. The molecular formula is C16H18N2O3. The molecule has 0 saturated carbocycles. The number of hydrogen-bond donors (Lipinski definition) is 2. The smallest absolute Gasteiger partial charge is 0.337 e. The largest absolute Gasteiger partial charge is 0.478 e. The molecule has 21 heavy (non-hydrogen) atoms. The molecule has 5 nitrogen and oxygen atoms in total. The molecule has 0 saturated heterocycles. The Morgan fingerprint density at radius 1 is 1.38 bits per heavy atom. The van der Waals surface area contributed by atoms with Crippen LogP contribution in [0.15, 0.2) is 42.6 Å². The number of carboxylic acids is 1. The summed E-state index contributed by atoms with van der Waals surface area (Å²) in [6, 6.07) is 7.31. The molecule has 0 bridgehead atoms. The van der Waals surface area contributed by atoms with Crippen molar-refractivity contribution >= 4 is 22.6 Å². The Morgan fingerprint density at radius 3 is 2.76 bits per heavy atom. The highest BCUT2D eigenvalue weighted by molar-refractivity contribution is 6.06. The number of nitrogens with one attached hydrogen (secondary N) is 1. The molecule has 2 aromatic rings. The average molecular weight is 286 g/mol. The van der Waals surface area contributed by atoms with Crippen LogP contribution >= 0.6 is 0 Å². The Labute approximate surface area is 123 Å². The third-order valence-corrected chi connectivity index (χ3v) is 2.91. The number of anilines is 1. The van der Waals surface area contributed by atoms with Crippen LogP contribution < -0.4 is 5.32 Å². The normalized spacial score (nSPS) is 10.5. The highest BCUT2D eigenvalue weighted by Gasteiger charge is 2.11. The third-order valence-electron chi connectivity index (χ3n) is 2.91. The monoisotopic (exact) mass is 286 g/mol. The minimum atomic E-state index is -0.977. The van der Waals surface area contributed by atoms with Crippen molar-refractivity contribution in [3.63, 3.8) is 0 Å². The molecule has 0 unspecified atom stereocenters. The van der Waals surface area contributed by atoms with Crippen molar-refractivity contribution in [3.05, 3.63) is 48.2 Å². The predicted octanol–water partition coefficient (Wildman–Crippen LogP) is 2.94. The molecule has 2 rings (SSSR count). The minimum Gasteiger partial charge on any atom is -0.478 e. The van der Waals surface area contributed by atoms with Gasteiger partial charge in [-0.15, -0.1) is 0 Å². The van der Waals surface area contributed by atoms with E-state index in [0.717, 1.165) is 11.0 Å². The van der Waals surface area contributed by atoms with E-state index in [9.17, 15) is 9.90 Å². The Bertz CT molecular complexity index is 668. The molecule has 0 fully saturated rings. The topological polar surface area (TPSA) is 71.5 Å². The number of nitrogens with zero attached hydrogens (tertiary/aromatic N) is 1. The maximum atomic E-state index is 11.2. The van der Waals surface area contributed by atoms with Crippen molar-refractivity contribution < 1.29 is 14.6 Å². The minimum absolute atomic E-state index is 0.203. The number of aromatic carboxylic acids is 1. The highest BCUT2D eigenvalue weighted by Crippen LogP contribution is 2.24. The van der Waals surface area contributed by atoms with Crippen LogP contribution in [-0.2, 0) is 4.74 Å². The Hall–Kier alpha value is -2.40. The van der Waals surface area contributed by atoms with Crippen LogP contribution in [0.25, 0.3) is 10.8 Å². The first-order valence-corrected chi connectivity index (χ1v) is 6.66. The van der Waals surface area contributed by atoms with Gasteiger partial charge in [-0.3, -0.25) is 0 Å². The number of carbonyl (C=O) groups is 1. The molecule has 0 amide bonds. The highest BCUT2D eigenvalue weighted by atomic mass is 16.5. The van der Waals surface area contributed by atoms with Gasteiger partial charge in [0.1, 0.15) is 5.82 Å². The molecule has 0 spiro atoms. The van der Waals surface area contributed by atoms with Gasteiger partial charge in [-0.2, -0.15) is 0 Å². The lowest BCUT2D eigenvalue weighted by molar-refractivity contribution is 0.0698. The number of rotatable bonds is 7. The van der Waals surface area contributed by atoms with Gasteiger partial charge in [0, 0.05) is 23.5 Å². The second-order valence-electron chi connectivity index (χ2n) is 4.81. The van der Waals surface area contributed by atoms with E-state index in [1.807, 2.05) is 25.1 Å². The van der Waals surface area contributed by atoms with Gasteiger partial charge in [-0.05, 0) is 6.92 Å². The van der Waals surface area contributed by atoms with E-state index in [-0.39, 0.29) is 5.56 Å². The number of benzene rings is 1. The van der Waals surface area contributed by atoms with Crippen molar-refractivity contribution in [2.24, 2.45) is 0 Å². The van der Waals surface area contributed by atoms with E-state index >= 15 is 0 Å². The van der Waals surface area contributed by atoms with Crippen LogP contribution in [0.1, 0.15) is 17.3 Å². The molecule has 110 valence electrons. The van der Waals surface area contributed by atoms with E-state index < -0.39 is 5.97 Å². The maximum absolute atomic E-state index is 11.2. The third kappa shape index (κ3) is 3.79. The van der Waals surface area contributed by atoms with Gasteiger partial charge in [0.05, 0.1) is 18.8 Å². The SMILES string of the molecule is C=C(C)COCCNc1ncc(C(=O)O)c2ccccc12. The number of aromatic nitrogens is 1. The molecule has 0 atom stereocenters. The van der Waals surface area contributed by atoms with Gasteiger partial charge in [0.25, 0.3) is 0 Å². The lowest BCUT2D eigenvalue weighted by atomic mass is 10.1. The van der Waals surface area contributed by atoms with Crippen LogP contribution in [0.3, 0.4) is 0 Å². The Kier molecular flexibility index (Phi) is 4.90. The molecule has 1 heterocycles. The van der Waals surface area contributed by atoms with E-state index in [4.69, 9.17) is 4.74 Å². The van der Waals surface area contributed by atoms with E-state index in [0.29, 0.717) is 31.0 Å². The van der Waals surface area contributed by atoms with Gasteiger partial charge in [0.15, 0.2) is 0 Å². The molecule has 1 aromatic carbocycles. The zero-order valence-electron chi connectivity index (χ0n) is 11.9. The summed E-state index contributed by atoms with van der Waals surface area (Å²) in [4.78, 5) is 15.4. The molecule has 5 heteroatoms. The summed E-state index contributed by atoms with van der Waals surface area (Å²) in [7, 11) is 0. The molecule has 0 aliphatic heterocycles. The first-order chi connectivity index (χ1) is 10.1. The van der Waals surface area contributed by atoms with Gasteiger partial charge >= 0.3 is 5.97 Å². The molecular weight excluding hydrogens is 268 g/mol. The number of pyridine rings is 1. The fraction of sp³-hybridized carbons (Fsp3) is 0.250. The Balaban J connectivity index is 2.12. The van der Waals surface area contributed by atoms with Crippen LogP contribution in [0.5, 0.6) is 0 Å². The lowest BCUT2D eigenvalue weighted by Gasteiger charge is -2.10. The van der Waals surface area contributed by atoms with Crippen LogP contribution in [0, 0.1) is 0 Å². The molecule has 1 aromatic heterocycles. The van der Waals surface area contributed by atoms with Crippen molar-refractivity contribution in [3.8, 4) is 0 Å². The second-order valence-corrected chi connectivity index (χ2v) is 4.81. The van der Waals surface area contributed by atoms with Crippen molar-refractivity contribution in [2.75, 3.05) is 25.1 Å². The summed E-state index contributed by atoms with van der Waals surface area (Å²) in [6.45, 7) is 7.34. The summed E-state index contributed by atoms with van der Waals surface area (Å²) < 4.78 is 5.41. The van der Waals surface area contributed by atoms with E-state index in [1.54, 1.807) is 6.07 Å². The van der Waals surface area contributed by atoms with Crippen molar-refractivity contribution in [2.45, 2.75) is 6.92 Å². The second kappa shape index (κ2) is 6.85. The van der Waals surface area contributed by atoms with Crippen molar-refractivity contribution in [1.29, 1.82) is 0 Å². The summed E-state index contributed by atoms with van der Waals surface area (Å²) >= 11 is 0. The number of fused-ring (bicyclic) bond motifs is 1. The average Bonchev–Trinajstić information content (AvgIpc) is 2.46. The first kappa shape index (κ1) is 15.0. The molecule has 2 N–H and O–H groups in total. The summed E-state index contributed by atoms with van der Waals surface area (Å²) in [6.07, 6.45) is 1.38. The predicted molar refractivity (Wildman–Crippen MR) is 82.8 cm³/mol. The zero-order chi connectivity index (χ0) is 15.2. The first-order valence-electron chi connectivity index (χ1n) is 6.66. The molecule has 0 radical (unpaired) electrons. The van der Waals surface area contributed by atoms with Gasteiger partial charge < -0.3 is 15.2 Å².